The quantitative estimate of drug-likeness (QED) is 0.495. The molecule has 3 nitrogen and oxygen atoms in total. The molecule has 68 valence electrons. The lowest BCUT2D eigenvalue weighted by atomic mass is 10.5. The second-order valence-electron chi connectivity index (χ2n) is 2.68. The van der Waals surface area contributed by atoms with Crippen LogP contribution in [0.4, 0.5) is 0 Å². The Hall–Kier alpha value is -1.23. The van der Waals surface area contributed by atoms with Crippen LogP contribution in [0.2, 0.25) is 0 Å². The van der Waals surface area contributed by atoms with Crippen LogP contribution in [0.3, 0.4) is 0 Å². The summed E-state index contributed by atoms with van der Waals surface area (Å²) in [6.45, 7) is 0. The largest absolute Gasteiger partial charge is 0.322 e. The summed E-state index contributed by atoms with van der Waals surface area (Å²) in [4.78, 5) is 0. The Labute approximate surface area is 78.7 Å². The highest BCUT2D eigenvalue weighted by atomic mass is 31.2. The van der Waals surface area contributed by atoms with Crippen LogP contribution in [0.5, 0.6) is 0 Å². The molecule has 0 saturated carbocycles. The molecule has 0 unspecified atom stereocenters. The molecule has 0 spiro atoms. The zero-order chi connectivity index (χ0) is 10.2. The van der Waals surface area contributed by atoms with Crippen molar-refractivity contribution in [2.24, 2.45) is 0 Å². The lowest BCUT2D eigenvalue weighted by molar-refractivity contribution is 0.576. The van der Waals surface area contributed by atoms with Gasteiger partial charge in [0.1, 0.15) is 7.14 Å². The van der Waals surface area contributed by atoms with Crippen molar-refractivity contribution in [2.75, 3.05) is 18.5 Å². The monoisotopic (exact) mass is 194 g/mol. The summed E-state index contributed by atoms with van der Waals surface area (Å²) in [6.07, 6.45) is 6.47. The van der Waals surface area contributed by atoms with Gasteiger partial charge in [0.15, 0.2) is 0 Å². The first-order chi connectivity index (χ1) is 6.18. The van der Waals surface area contributed by atoms with Crippen LogP contribution in [0.1, 0.15) is 12.8 Å². The summed E-state index contributed by atoms with van der Waals surface area (Å²) in [5.41, 5.74) is 0. The van der Waals surface area contributed by atoms with Crippen LogP contribution in [0, 0.1) is 35.0 Å². The smallest absolute Gasteiger partial charge is 0.101 e. The predicted molar refractivity (Wildman–Crippen MR) is 51.5 cm³/mol. The number of terminal acetylenes is 1. The Morgan fingerprint density at radius 3 is 1.92 bits per heavy atom. The van der Waals surface area contributed by atoms with Crippen molar-refractivity contribution in [1.82, 2.24) is 0 Å². The van der Waals surface area contributed by atoms with E-state index in [2.05, 4.69) is 5.92 Å². The van der Waals surface area contributed by atoms with Crippen molar-refractivity contribution in [3.05, 3.63) is 0 Å². The van der Waals surface area contributed by atoms with Crippen LogP contribution in [-0.2, 0) is 4.57 Å². The van der Waals surface area contributed by atoms with Gasteiger partial charge in [-0.2, -0.15) is 10.5 Å². The van der Waals surface area contributed by atoms with Gasteiger partial charge < -0.3 is 4.57 Å². The molecule has 0 aliphatic carbocycles. The number of hydrogen-bond acceptors (Lipinski definition) is 3. The second-order valence-corrected chi connectivity index (χ2v) is 6.01. The summed E-state index contributed by atoms with van der Waals surface area (Å²) < 4.78 is 11.9. The minimum absolute atomic E-state index is 0.205. The van der Waals surface area contributed by atoms with Crippen LogP contribution in [-0.4, -0.2) is 18.5 Å². The molecule has 0 rings (SSSR count). The molecule has 0 aromatic heterocycles. The van der Waals surface area contributed by atoms with Gasteiger partial charge in [-0.25, -0.2) is 0 Å². The summed E-state index contributed by atoms with van der Waals surface area (Å²) in [7, 11) is -2.43. The molecule has 0 bridgehead atoms. The van der Waals surface area contributed by atoms with E-state index in [-0.39, 0.29) is 19.0 Å². The number of nitrogens with zero attached hydrogens (tertiary/aromatic N) is 2. The van der Waals surface area contributed by atoms with Crippen molar-refractivity contribution in [3.8, 4) is 24.5 Å². The Balaban J connectivity index is 4.21. The maximum absolute atomic E-state index is 11.9. The fourth-order valence-corrected chi connectivity index (χ4v) is 2.83. The molecule has 0 fully saturated rings. The maximum Gasteiger partial charge on any atom is 0.101 e. The third-order valence-electron chi connectivity index (χ3n) is 1.64. The zero-order valence-electron chi connectivity index (χ0n) is 7.36. The highest BCUT2D eigenvalue weighted by Crippen LogP contribution is 2.45. The minimum Gasteiger partial charge on any atom is -0.322 e. The summed E-state index contributed by atoms with van der Waals surface area (Å²) in [6, 6.07) is 3.87. The van der Waals surface area contributed by atoms with Gasteiger partial charge in [0.2, 0.25) is 0 Å². The molecule has 4 heteroatoms. The molecule has 0 atom stereocenters. The Bertz CT molecular complexity index is 294. The lowest BCUT2D eigenvalue weighted by Gasteiger charge is -2.11. The van der Waals surface area contributed by atoms with Gasteiger partial charge in [0, 0.05) is 25.2 Å². The number of nitriles is 2. The molecule has 0 radical (unpaired) electrons. The van der Waals surface area contributed by atoms with E-state index < -0.39 is 7.14 Å². The van der Waals surface area contributed by atoms with E-state index >= 15 is 0 Å². The van der Waals surface area contributed by atoms with Gasteiger partial charge in [-0.05, 0) is 0 Å². The van der Waals surface area contributed by atoms with E-state index in [1.807, 2.05) is 12.1 Å². The Kier molecular flexibility index (Phi) is 5.71. The van der Waals surface area contributed by atoms with Crippen molar-refractivity contribution in [2.45, 2.75) is 12.8 Å². The average molecular weight is 194 g/mol. The molecule has 0 saturated heterocycles. The van der Waals surface area contributed by atoms with Crippen LogP contribution < -0.4 is 0 Å². The standard InChI is InChI=1S/C9H11N2OP/c1-2-7-13(12,8-3-5-10)9-4-6-11/h1H,3-4,7-9H2. The van der Waals surface area contributed by atoms with Crippen molar-refractivity contribution in [1.29, 1.82) is 10.5 Å². The Morgan fingerprint density at radius 1 is 1.15 bits per heavy atom. The van der Waals surface area contributed by atoms with Crippen LogP contribution in [0.25, 0.3) is 0 Å². The topological polar surface area (TPSA) is 64.7 Å². The first-order valence-electron chi connectivity index (χ1n) is 3.93. The van der Waals surface area contributed by atoms with E-state index in [1.165, 1.54) is 0 Å². The van der Waals surface area contributed by atoms with Gasteiger partial charge in [0.05, 0.1) is 18.3 Å². The number of rotatable bonds is 5. The van der Waals surface area contributed by atoms with Crippen LogP contribution in [0.15, 0.2) is 0 Å². The summed E-state index contributed by atoms with van der Waals surface area (Å²) in [5, 5.41) is 16.7. The summed E-state index contributed by atoms with van der Waals surface area (Å²) in [5.74, 6) is 2.34. The molecule has 0 heterocycles. The molecule has 0 aliphatic rings. The van der Waals surface area contributed by atoms with Gasteiger partial charge in [-0.15, -0.1) is 6.42 Å². The molecular weight excluding hydrogens is 183 g/mol. The third kappa shape index (κ3) is 5.08. The van der Waals surface area contributed by atoms with Gasteiger partial charge in [0.25, 0.3) is 0 Å². The van der Waals surface area contributed by atoms with Crippen molar-refractivity contribution in [3.63, 3.8) is 0 Å². The molecular formula is C9H11N2OP. The maximum atomic E-state index is 11.9. The number of hydrogen-bond donors (Lipinski definition) is 0. The first kappa shape index (κ1) is 11.8. The van der Waals surface area contributed by atoms with Crippen molar-refractivity contribution >= 4 is 7.14 Å². The van der Waals surface area contributed by atoms with E-state index in [4.69, 9.17) is 16.9 Å². The van der Waals surface area contributed by atoms with E-state index in [1.54, 1.807) is 0 Å². The predicted octanol–water partition coefficient (Wildman–Crippen LogP) is 1.81. The normalized spacial score (nSPS) is 9.62. The minimum atomic E-state index is -2.43. The third-order valence-corrected chi connectivity index (χ3v) is 4.48. The lowest BCUT2D eigenvalue weighted by Crippen LogP contribution is -1.98. The van der Waals surface area contributed by atoms with E-state index in [9.17, 15) is 4.57 Å². The van der Waals surface area contributed by atoms with E-state index in [0.29, 0.717) is 12.3 Å². The SMILES string of the molecule is C#CCP(=O)(CCC#N)CCC#N. The molecule has 0 aromatic carbocycles. The highest BCUT2D eigenvalue weighted by molar-refractivity contribution is 7.64. The average Bonchev–Trinajstić information content (AvgIpc) is 2.12. The second kappa shape index (κ2) is 6.30. The molecule has 0 amide bonds. The molecule has 0 aromatic rings. The van der Waals surface area contributed by atoms with Crippen molar-refractivity contribution < 1.29 is 4.57 Å². The van der Waals surface area contributed by atoms with E-state index in [0.717, 1.165) is 0 Å². The fourth-order valence-electron chi connectivity index (χ4n) is 0.944. The first-order valence-corrected chi connectivity index (χ1v) is 6.19. The zero-order valence-corrected chi connectivity index (χ0v) is 8.26. The van der Waals surface area contributed by atoms with Crippen LogP contribution >= 0.6 is 7.14 Å². The molecule has 0 N–H and O–H groups in total. The summed E-state index contributed by atoms with van der Waals surface area (Å²) >= 11 is 0. The highest BCUT2D eigenvalue weighted by Gasteiger charge is 2.19. The molecule has 0 aliphatic heterocycles. The molecule has 13 heavy (non-hydrogen) atoms. The van der Waals surface area contributed by atoms with Gasteiger partial charge in [-0.3, -0.25) is 0 Å². The fraction of sp³-hybridized carbons (Fsp3) is 0.556. The van der Waals surface area contributed by atoms with Gasteiger partial charge in [-0.1, -0.05) is 5.92 Å². The van der Waals surface area contributed by atoms with Gasteiger partial charge >= 0.3 is 0 Å². The Morgan fingerprint density at radius 2 is 1.62 bits per heavy atom.